The Balaban J connectivity index is 2.23. The number of carbonyl (C=O) groups is 1. The van der Waals surface area contributed by atoms with Crippen molar-refractivity contribution in [3.8, 4) is 0 Å². The fourth-order valence-electron chi connectivity index (χ4n) is 1.81. The SMILES string of the molecule is CN(CC(F)(F)F)C(=O)c1ccccc1Sc1ccc(Br)cn1. The summed E-state index contributed by atoms with van der Waals surface area (Å²) >= 11 is 4.50. The minimum Gasteiger partial charge on any atom is -0.333 e. The lowest BCUT2D eigenvalue weighted by molar-refractivity contribution is -0.138. The summed E-state index contributed by atoms with van der Waals surface area (Å²) < 4.78 is 38.2. The molecule has 0 atom stereocenters. The van der Waals surface area contributed by atoms with Gasteiger partial charge < -0.3 is 4.90 Å². The van der Waals surface area contributed by atoms with E-state index in [1.165, 1.54) is 17.8 Å². The van der Waals surface area contributed by atoms with E-state index in [4.69, 9.17) is 0 Å². The first-order valence-corrected chi connectivity index (χ1v) is 8.08. The Kier molecular flexibility index (Phi) is 5.69. The van der Waals surface area contributed by atoms with Gasteiger partial charge >= 0.3 is 6.18 Å². The van der Waals surface area contributed by atoms with Crippen LogP contribution in [0.1, 0.15) is 10.4 Å². The summed E-state index contributed by atoms with van der Waals surface area (Å²) in [4.78, 5) is 17.7. The van der Waals surface area contributed by atoms with Gasteiger partial charge in [-0.2, -0.15) is 13.2 Å². The Bertz CT molecular complexity index is 692. The smallest absolute Gasteiger partial charge is 0.333 e. The molecule has 0 radical (unpaired) electrons. The van der Waals surface area contributed by atoms with Gasteiger partial charge in [0.2, 0.25) is 0 Å². The molecule has 23 heavy (non-hydrogen) atoms. The third-order valence-electron chi connectivity index (χ3n) is 2.80. The van der Waals surface area contributed by atoms with Crippen LogP contribution in [0.15, 0.2) is 57.0 Å². The predicted molar refractivity (Wildman–Crippen MR) is 85.5 cm³/mol. The molecular weight excluding hydrogens is 393 g/mol. The summed E-state index contributed by atoms with van der Waals surface area (Å²) in [7, 11) is 1.13. The van der Waals surface area contributed by atoms with Crippen LogP contribution in [0.4, 0.5) is 13.2 Å². The summed E-state index contributed by atoms with van der Waals surface area (Å²) in [6, 6.07) is 10.1. The van der Waals surface area contributed by atoms with E-state index in [9.17, 15) is 18.0 Å². The van der Waals surface area contributed by atoms with Gasteiger partial charge in [-0.1, -0.05) is 23.9 Å². The third kappa shape index (κ3) is 5.24. The normalized spacial score (nSPS) is 11.3. The lowest BCUT2D eigenvalue weighted by Gasteiger charge is -2.20. The second-order valence-electron chi connectivity index (χ2n) is 4.69. The first-order chi connectivity index (χ1) is 10.8. The van der Waals surface area contributed by atoms with E-state index in [1.807, 2.05) is 0 Å². The summed E-state index contributed by atoms with van der Waals surface area (Å²) in [5, 5.41) is 0.645. The van der Waals surface area contributed by atoms with Crippen LogP contribution in [0, 0.1) is 0 Å². The second-order valence-corrected chi connectivity index (χ2v) is 6.67. The molecule has 3 nitrogen and oxygen atoms in total. The first-order valence-electron chi connectivity index (χ1n) is 6.47. The van der Waals surface area contributed by atoms with Crippen molar-refractivity contribution in [2.24, 2.45) is 0 Å². The number of aromatic nitrogens is 1. The van der Waals surface area contributed by atoms with Crippen LogP contribution in [-0.2, 0) is 0 Å². The summed E-state index contributed by atoms with van der Waals surface area (Å²) in [6.07, 6.45) is -2.82. The number of hydrogen-bond donors (Lipinski definition) is 0. The highest BCUT2D eigenvalue weighted by Gasteiger charge is 2.32. The Morgan fingerprint density at radius 1 is 1.26 bits per heavy atom. The molecule has 0 fully saturated rings. The fourth-order valence-corrected chi connectivity index (χ4v) is 2.93. The number of hydrogen-bond acceptors (Lipinski definition) is 3. The lowest BCUT2D eigenvalue weighted by Crippen LogP contribution is -2.36. The number of halogens is 4. The van der Waals surface area contributed by atoms with Gasteiger partial charge in [0.25, 0.3) is 5.91 Å². The standard InChI is InChI=1S/C15H12BrF3N2OS/c1-21(9-15(17,18)19)14(22)11-4-2-3-5-12(11)23-13-7-6-10(16)8-20-13/h2-8H,9H2,1H3. The van der Waals surface area contributed by atoms with Gasteiger partial charge in [-0.15, -0.1) is 0 Å². The van der Waals surface area contributed by atoms with Gasteiger partial charge in [0, 0.05) is 22.6 Å². The Morgan fingerprint density at radius 2 is 1.96 bits per heavy atom. The summed E-state index contributed by atoms with van der Waals surface area (Å²) in [5.41, 5.74) is 0.217. The molecule has 0 aliphatic heterocycles. The van der Waals surface area contributed by atoms with E-state index >= 15 is 0 Å². The molecule has 1 aromatic carbocycles. The molecule has 0 saturated heterocycles. The van der Waals surface area contributed by atoms with Gasteiger partial charge in [0.15, 0.2) is 0 Å². The monoisotopic (exact) mass is 404 g/mol. The van der Waals surface area contributed by atoms with Crippen molar-refractivity contribution in [3.05, 3.63) is 52.6 Å². The van der Waals surface area contributed by atoms with Crippen molar-refractivity contribution in [2.45, 2.75) is 16.1 Å². The Hall–Kier alpha value is -1.54. The van der Waals surface area contributed by atoms with Crippen molar-refractivity contribution in [2.75, 3.05) is 13.6 Å². The number of nitrogens with zero attached hydrogens (tertiary/aromatic N) is 2. The highest BCUT2D eigenvalue weighted by Crippen LogP contribution is 2.30. The van der Waals surface area contributed by atoms with E-state index in [-0.39, 0.29) is 5.56 Å². The minimum absolute atomic E-state index is 0.217. The van der Waals surface area contributed by atoms with E-state index in [0.29, 0.717) is 14.8 Å². The molecule has 2 aromatic rings. The topological polar surface area (TPSA) is 33.2 Å². The van der Waals surface area contributed by atoms with E-state index < -0.39 is 18.6 Å². The van der Waals surface area contributed by atoms with Crippen LogP contribution >= 0.6 is 27.7 Å². The number of rotatable bonds is 4. The van der Waals surface area contributed by atoms with Crippen molar-refractivity contribution in [1.82, 2.24) is 9.88 Å². The maximum absolute atomic E-state index is 12.5. The summed E-state index contributed by atoms with van der Waals surface area (Å²) in [5.74, 6) is -0.678. The molecule has 0 aliphatic rings. The molecule has 1 heterocycles. The van der Waals surface area contributed by atoms with Crippen LogP contribution in [0.2, 0.25) is 0 Å². The van der Waals surface area contributed by atoms with Crippen LogP contribution in [0.3, 0.4) is 0 Å². The number of alkyl halides is 3. The summed E-state index contributed by atoms with van der Waals surface area (Å²) in [6.45, 7) is -1.29. The highest BCUT2D eigenvalue weighted by molar-refractivity contribution is 9.10. The first kappa shape index (κ1) is 17.8. The highest BCUT2D eigenvalue weighted by atomic mass is 79.9. The molecule has 2 rings (SSSR count). The zero-order valence-corrected chi connectivity index (χ0v) is 14.4. The van der Waals surface area contributed by atoms with Gasteiger partial charge in [-0.05, 0) is 40.2 Å². The molecule has 0 unspecified atom stereocenters. The van der Waals surface area contributed by atoms with Crippen LogP contribution in [-0.4, -0.2) is 35.6 Å². The van der Waals surface area contributed by atoms with Gasteiger partial charge in [0.05, 0.1) is 5.56 Å². The van der Waals surface area contributed by atoms with Gasteiger partial charge in [0.1, 0.15) is 11.6 Å². The molecule has 0 aliphatic carbocycles. The van der Waals surface area contributed by atoms with Crippen LogP contribution in [0.25, 0.3) is 0 Å². The molecule has 8 heteroatoms. The van der Waals surface area contributed by atoms with E-state index in [0.717, 1.165) is 11.5 Å². The molecule has 122 valence electrons. The van der Waals surface area contributed by atoms with Crippen molar-refractivity contribution >= 4 is 33.6 Å². The molecule has 1 aromatic heterocycles. The van der Waals surface area contributed by atoms with Crippen LogP contribution < -0.4 is 0 Å². The fraction of sp³-hybridized carbons (Fsp3) is 0.200. The number of carbonyl (C=O) groups excluding carboxylic acids is 1. The lowest BCUT2D eigenvalue weighted by atomic mass is 10.2. The molecule has 1 amide bonds. The minimum atomic E-state index is -4.43. The number of pyridine rings is 1. The largest absolute Gasteiger partial charge is 0.406 e. The number of benzene rings is 1. The quantitative estimate of drug-likeness (QED) is 0.744. The zero-order chi connectivity index (χ0) is 17.0. The average molecular weight is 405 g/mol. The molecule has 0 N–H and O–H groups in total. The predicted octanol–water partition coefficient (Wildman–Crippen LogP) is 4.63. The van der Waals surface area contributed by atoms with Crippen molar-refractivity contribution in [3.63, 3.8) is 0 Å². The average Bonchev–Trinajstić information content (AvgIpc) is 2.48. The van der Waals surface area contributed by atoms with E-state index in [1.54, 1.807) is 36.5 Å². The molecule has 0 spiro atoms. The molecule has 0 bridgehead atoms. The second kappa shape index (κ2) is 7.35. The maximum atomic E-state index is 12.5. The third-order valence-corrected chi connectivity index (χ3v) is 4.29. The van der Waals surface area contributed by atoms with Gasteiger partial charge in [-0.3, -0.25) is 4.79 Å². The van der Waals surface area contributed by atoms with Crippen molar-refractivity contribution < 1.29 is 18.0 Å². The van der Waals surface area contributed by atoms with Gasteiger partial charge in [-0.25, -0.2) is 4.98 Å². The molecule has 0 saturated carbocycles. The zero-order valence-electron chi connectivity index (χ0n) is 12.0. The van der Waals surface area contributed by atoms with Crippen molar-refractivity contribution in [1.29, 1.82) is 0 Å². The number of amides is 1. The van der Waals surface area contributed by atoms with E-state index in [2.05, 4.69) is 20.9 Å². The Morgan fingerprint density at radius 3 is 2.57 bits per heavy atom. The van der Waals surface area contributed by atoms with Crippen LogP contribution in [0.5, 0.6) is 0 Å². The molecular formula is C15H12BrF3N2OS. The maximum Gasteiger partial charge on any atom is 0.406 e. The Labute approximate surface area is 144 Å².